The molecular weight excluding hydrogens is 374 g/mol. The van der Waals surface area contributed by atoms with E-state index in [4.69, 9.17) is 14.0 Å². The number of nitrogens with zero attached hydrogens (tertiary/aromatic N) is 4. The van der Waals surface area contributed by atoms with Crippen LogP contribution in [0.25, 0.3) is 0 Å². The van der Waals surface area contributed by atoms with Gasteiger partial charge < -0.3 is 23.8 Å². The Balaban J connectivity index is 1.54. The molecule has 29 heavy (non-hydrogen) atoms. The number of piperazine rings is 1. The molecule has 0 bridgehead atoms. The molecule has 1 amide bonds. The fourth-order valence-corrected chi connectivity index (χ4v) is 3.68. The monoisotopic (exact) mass is 401 g/mol. The van der Waals surface area contributed by atoms with Crippen molar-refractivity contribution in [3.05, 3.63) is 23.6 Å². The Kier molecular flexibility index (Phi) is 5.57. The van der Waals surface area contributed by atoms with E-state index in [1.165, 1.54) is 0 Å². The highest BCUT2D eigenvalue weighted by Gasteiger charge is 2.31. The summed E-state index contributed by atoms with van der Waals surface area (Å²) in [4.78, 5) is 21.5. The number of nitrogens with one attached hydrogen (secondary N) is 1. The number of fused-ring (bicyclic) bond motifs is 1. The second-order valence-electron chi connectivity index (χ2n) is 7.42. The lowest BCUT2D eigenvalue weighted by Gasteiger charge is -2.37. The summed E-state index contributed by atoms with van der Waals surface area (Å²) >= 11 is 0. The zero-order valence-corrected chi connectivity index (χ0v) is 17.1. The number of anilines is 2. The van der Waals surface area contributed by atoms with Gasteiger partial charge in [-0.05, 0) is 31.1 Å². The molecule has 156 valence electrons. The molecule has 0 saturated carbocycles. The number of hydrogen-bond acceptors (Lipinski definition) is 8. The summed E-state index contributed by atoms with van der Waals surface area (Å²) in [7, 11) is 3.79. The van der Waals surface area contributed by atoms with Crippen molar-refractivity contribution in [2.24, 2.45) is 0 Å². The van der Waals surface area contributed by atoms with Gasteiger partial charge in [0.15, 0.2) is 6.10 Å². The van der Waals surface area contributed by atoms with Crippen molar-refractivity contribution < 1.29 is 18.8 Å². The minimum Gasteiger partial charge on any atom is -0.497 e. The quantitative estimate of drug-likeness (QED) is 0.810. The summed E-state index contributed by atoms with van der Waals surface area (Å²) in [5.74, 6) is 1.97. The average Bonchev–Trinajstić information content (AvgIpc) is 3.20. The van der Waals surface area contributed by atoms with E-state index in [9.17, 15) is 4.79 Å². The summed E-state index contributed by atoms with van der Waals surface area (Å²) in [6.45, 7) is 5.67. The summed E-state index contributed by atoms with van der Waals surface area (Å²) in [6.07, 6.45) is 1.32. The van der Waals surface area contributed by atoms with Crippen LogP contribution in [0.5, 0.6) is 11.5 Å². The molecule has 1 atom stereocenters. The van der Waals surface area contributed by atoms with Gasteiger partial charge in [0.1, 0.15) is 11.5 Å². The minimum atomic E-state index is -0.606. The third-order valence-corrected chi connectivity index (χ3v) is 5.43. The first-order chi connectivity index (χ1) is 14.1. The van der Waals surface area contributed by atoms with Crippen molar-refractivity contribution in [1.29, 1.82) is 0 Å². The largest absolute Gasteiger partial charge is 0.497 e. The van der Waals surface area contributed by atoms with E-state index in [-0.39, 0.29) is 11.9 Å². The highest BCUT2D eigenvalue weighted by Crippen LogP contribution is 2.41. The van der Waals surface area contributed by atoms with Crippen LogP contribution in [0.15, 0.2) is 16.7 Å². The number of rotatable bonds is 5. The van der Waals surface area contributed by atoms with Crippen LogP contribution in [0.3, 0.4) is 0 Å². The number of ether oxygens (including phenoxy) is 2. The molecule has 9 nitrogen and oxygen atoms in total. The first kappa shape index (κ1) is 19.5. The first-order valence-corrected chi connectivity index (χ1v) is 10.0. The summed E-state index contributed by atoms with van der Waals surface area (Å²) < 4.78 is 16.8. The highest BCUT2D eigenvalue weighted by molar-refractivity contribution is 5.93. The molecule has 1 aromatic carbocycles. The van der Waals surface area contributed by atoms with E-state index < -0.39 is 6.10 Å². The number of likely N-dealkylation sites (N-methyl/N-ethyl adjacent to an activating group) is 1. The lowest BCUT2D eigenvalue weighted by atomic mass is 9.99. The van der Waals surface area contributed by atoms with Crippen LogP contribution in [0, 0.1) is 0 Å². The zero-order valence-electron chi connectivity index (χ0n) is 17.1. The maximum absolute atomic E-state index is 12.7. The van der Waals surface area contributed by atoms with Crippen LogP contribution in [0.4, 0.5) is 11.6 Å². The van der Waals surface area contributed by atoms with Crippen LogP contribution in [0.2, 0.25) is 0 Å². The standard InChI is InChI=1S/C20H27N5O4/c1-4-17-21-20(23-29-17)22-19(26)16-6-5-13-11-14(27-3)12-15(18(13)28-16)25-9-7-24(2)8-10-25/h11-12,16H,4-10H2,1-3H3,(H,22,23,26). The normalized spacial score (nSPS) is 19.4. The molecule has 2 aromatic rings. The molecular formula is C20H27N5O4. The van der Waals surface area contributed by atoms with Crippen LogP contribution in [0.1, 0.15) is 24.8 Å². The van der Waals surface area contributed by atoms with Crippen LogP contribution >= 0.6 is 0 Å². The number of methoxy groups -OCH3 is 1. The van der Waals surface area contributed by atoms with Crippen molar-refractivity contribution in [3.8, 4) is 11.5 Å². The Bertz CT molecular complexity index is 876. The molecule has 1 unspecified atom stereocenters. The lowest BCUT2D eigenvalue weighted by molar-refractivity contribution is -0.123. The fourth-order valence-electron chi connectivity index (χ4n) is 3.68. The summed E-state index contributed by atoms with van der Waals surface area (Å²) in [5.41, 5.74) is 2.05. The molecule has 2 aliphatic rings. The van der Waals surface area contributed by atoms with E-state index in [2.05, 4.69) is 32.3 Å². The third kappa shape index (κ3) is 4.14. The molecule has 0 spiro atoms. The summed E-state index contributed by atoms with van der Waals surface area (Å²) in [5, 5.41) is 6.48. The Hall–Kier alpha value is -2.81. The molecule has 1 aromatic heterocycles. The van der Waals surface area contributed by atoms with Gasteiger partial charge in [0.2, 0.25) is 5.89 Å². The van der Waals surface area contributed by atoms with Crippen molar-refractivity contribution in [1.82, 2.24) is 15.0 Å². The number of amides is 1. The third-order valence-electron chi connectivity index (χ3n) is 5.43. The Morgan fingerprint density at radius 1 is 1.31 bits per heavy atom. The van der Waals surface area contributed by atoms with Gasteiger partial charge in [-0.2, -0.15) is 4.98 Å². The van der Waals surface area contributed by atoms with E-state index in [0.29, 0.717) is 18.7 Å². The first-order valence-electron chi connectivity index (χ1n) is 10.0. The molecule has 0 radical (unpaired) electrons. The lowest BCUT2D eigenvalue weighted by Crippen LogP contribution is -2.45. The summed E-state index contributed by atoms with van der Waals surface area (Å²) in [6, 6.07) is 3.99. The van der Waals surface area contributed by atoms with Crippen LogP contribution in [-0.4, -0.2) is 67.4 Å². The number of carbonyl (C=O) groups excluding carboxylic acids is 1. The number of hydrogen-bond donors (Lipinski definition) is 1. The maximum Gasteiger partial charge on any atom is 0.270 e. The van der Waals surface area contributed by atoms with Crippen molar-refractivity contribution >= 4 is 17.5 Å². The van der Waals surface area contributed by atoms with E-state index in [0.717, 1.165) is 55.3 Å². The van der Waals surface area contributed by atoms with Gasteiger partial charge in [0, 0.05) is 44.2 Å². The number of aryl methyl sites for hydroxylation is 2. The molecule has 9 heteroatoms. The van der Waals surface area contributed by atoms with E-state index in [1.54, 1.807) is 7.11 Å². The molecule has 1 N–H and O–H groups in total. The van der Waals surface area contributed by atoms with Gasteiger partial charge in [-0.1, -0.05) is 6.92 Å². The molecule has 1 fully saturated rings. The van der Waals surface area contributed by atoms with Crippen LogP contribution in [-0.2, 0) is 17.6 Å². The molecule has 2 aliphatic heterocycles. The average molecular weight is 401 g/mol. The van der Waals surface area contributed by atoms with Gasteiger partial charge in [0.05, 0.1) is 12.8 Å². The van der Waals surface area contributed by atoms with Gasteiger partial charge in [-0.25, -0.2) is 0 Å². The van der Waals surface area contributed by atoms with Gasteiger partial charge in [0.25, 0.3) is 11.9 Å². The van der Waals surface area contributed by atoms with Crippen molar-refractivity contribution in [2.75, 3.05) is 50.6 Å². The Morgan fingerprint density at radius 2 is 2.10 bits per heavy atom. The molecule has 0 aliphatic carbocycles. The topological polar surface area (TPSA) is 93.0 Å². The second kappa shape index (κ2) is 8.28. The van der Waals surface area contributed by atoms with Gasteiger partial charge in [-0.15, -0.1) is 0 Å². The van der Waals surface area contributed by atoms with E-state index >= 15 is 0 Å². The second-order valence-corrected chi connectivity index (χ2v) is 7.42. The Morgan fingerprint density at radius 3 is 2.79 bits per heavy atom. The highest BCUT2D eigenvalue weighted by atomic mass is 16.5. The van der Waals surface area contributed by atoms with Crippen LogP contribution < -0.4 is 19.7 Å². The van der Waals surface area contributed by atoms with Gasteiger partial charge in [-0.3, -0.25) is 10.1 Å². The fraction of sp³-hybridized carbons (Fsp3) is 0.550. The number of benzene rings is 1. The van der Waals surface area contributed by atoms with Crippen molar-refractivity contribution in [3.63, 3.8) is 0 Å². The zero-order chi connectivity index (χ0) is 20.4. The number of carbonyl (C=O) groups is 1. The van der Waals surface area contributed by atoms with E-state index in [1.807, 2.05) is 19.1 Å². The Labute approximate surface area is 169 Å². The molecule has 4 rings (SSSR count). The van der Waals surface area contributed by atoms with Crippen molar-refractivity contribution in [2.45, 2.75) is 32.3 Å². The predicted molar refractivity (Wildman–Crippen MR) is 108 cm³/mol. The molecule has 1 saturated heterocycles. The predicted octanol–water partition coefficient (Wildman–Crippen LogP) is 1.72. The molecule has 3 heterocycles. The number of aromatic nitrogens is 2. The SMILES string of the molecule is CCc1nc(NC(=O)C2CCc3cc(OC)cc(N4CCN(C)CC4)c3O2)no1. The minimum absolute atomic E-state index is 0.176. The van der Waals surface area contributed by atoms with Gasteiger partial charge >= 0.3 is 0 Å². The maximum atomic E-state index is 12.7. The smallest absolute Gasteiger partial charge is 0.270 e.